The average molecular weight is 261 g/mol. The number of anilines is 1. The van der Waals surface area contributed by atoms with E-state index in [2.05, 4.69) is 9.97 Å². The first-order valence-electron chi connectivity index (χ1n) is 5.44. The van der Waals surface area contributed by atoms with Gasteiger partial charge in [-0.25, -0.2) is 20.2 Å². The summed E-state index contributed by atoms with van der Waals surface area (Å²) in [6.45, 7) is 1.62. The molecule has 0 bridgehead atoms. The van der Waals surface area contributed by atoms with Crippen LogP contribution in [0.2, 0.25) is 0 Å². The van der Waals surface area contributed by atoms with E-state index in [0.717, 1.165) is 0 Å². The topological polar surface area (TPSA) is 107 Å². The minimum Gasteiger partial charge on any atom is -0.368 e. The number of amides is 1. The van der Waals surface area contributed by atoms with E-state index in [1.54, 1.807) is 6.92 Å². The van der Waals surface area contributed by atoms with Crippen LogP contribution in [0.3, 0.4) is 0 Å². The lowest BCUT2D eigenvalue weighted by Crippen LogP contribution is -2.31. The van der Waals surface area contributed by atoms with Crippen LogP contribution < -0.4 is 17.0 Å². The van der Waals surface area contributed by atoms with Crippen molar-refractivity contribution in [3.8, 4) is 11.3 Å². The molecule has 2 rings (SSSR count). The van der Waals surface area contributed by atoms with Crippen molar-refractivity contribution in [1.82, 2.24) is 15.4 Å². The van der Waals surface area contributed by atoms with Crippen LogP contribution in [0.1, 0.15) is 16.1 Å². The monoisotopic (exact) mass is 261 g/mol. The van der Waals surface area contributed by atoms with Gasteiger partial charge in [-0.1, -0.05) is 0 Å². The van der Waals surface area contributed by atoms with Crippen molar-refractivity contribution < 1.29 is 9.18 Å². The number of carbonyl (C=O) groups excluding carboxylic acids is 1. The predicted molar refractivity (Wildman–Crippen MR) is 68.2 cm³/mol. The van der Waals surface area contributed by atoms with Gasteiger partial charge in [0.1, 0.15) is 5.82 Å². The molecule has 0 fully saturated rings. The quantitative estimate of drug-likeness (QED) is 0.420. The Bertz CT molecular complexity index is 627. The van der Waals surface area contributed by atoms with Crippen molar-refractivity contribution in [1.29, 1.82) is 0 Å². The molecule has 0 saturated carbocycles. The van der Waals surface area contributed by atoms with Gasteiger partial charge in [-0.3, -0.25) is 10.2 Å². The number of aryl methyl sites for hydroxylation is 1. The highest BCUT2D eigenvalue weighted by atomic mass is 19.1. The molecule has 7 heteroatoms. The fourth-order valence-corrected chi connectivity index (χ4v) is 1.76. The van der Waals surface area contributed by atoms with E-state index >= 15 is 0 Å². The molecule has 98 valence electrons. The third-order valence-electron chi connectivity index (χ3n) is 2.58. The van der Waals surface area contributed by atoms with Crippen molar-refractivity contribution in [2.75, 3.05) is 5.73 Å². The molecule has 1 aromatic carbocycles. The molecule has 0 unspecified atom stereocenters. The summed E-state index contributed by atoms with van der Waals surface area (Å²) >= 11 is 0. The lowest BCUT2D eigenvalue weighted by molar-refractivity contribution is 0.0953. The summed E-state index contributed by atoms with van der Waals surface area (Å²) in [6.07, 6.45) is 0. The average Bonchev–Trinajstić information content (AvgIpc) is 2.38. The highest BCUT2D eigenvalue weighted by Gasteiger charge is 2.18. The summed E-state index contributed by atoms with van der Waals surface area (Å²) in [5.74, 6) is 4.26. The van der Waals surface area contributed by atoms with Crippen molar-refractivity contribution >= 4 is 11.9 Å². The minimum absolute atomic E-state index is 0.0328. The van der Waals surface area contributed by atoms with Gasteiger partial charge < -0.3 is 5.73 Å². The van der Waals surface area contributed by atoms with Gasteiger partial charge in [-0.15, -0.1) is 0 Å². The summed E-state index contributed by atoms with van der Waals surface area (Å²) in [5.41, 5.74) is 9.08. The number of hydrogen-bond donors (Lipinski definition) is 3. The van der Waals surface area contributed by atoms with Crippen LogP contribution in [0.4, 0.5) is 10.3 Å². The maximum absolute atomic E-state index is 12.9. The summed E-state index contributed by atoms with van der Waals surface area (Å²) in [5, 5.41) is 0. The van der Waals surface area contributed by atoms with Gasteiger partial charge in [0.25, 0.3) is 5.91 Å². The number of halogens is 1. The molecule has 5 N–H and O–H groups in total. The summed E-state index contributed by atoms with van der Waals surface area (Å²) in [7, 11) is 0. The van der Waals surface area contributed by atoms with E-state index in [1.165, 1.54) is 24.3 Å². The summed E-state index contributed by atoms with van der Waals surface area (Å²) in [6, 6.07) is 5.55. The molecule has 2 aromatic rings. The Balaban J connectivity index is 2.67. The largest absolute Gasteiger partial charge is 0.368 e. The fraction of sp³-hybridized carbons (Fsp3) is 0.0833. The molecule has 0 atom stereocenters. The Morgan fingerprint density at radius 3 is 2.47 bits per heavy atom. The van der Waals surface area contributed by atoms with Crippen molar-refractivity contribution in [2.24, 2.45) is 5.84 Å². The van der Waals surface area contributed by atoms with Gasteiger partial charge in [0.05, 0.1) is 17.0 Å². The SMILES string of the molecule is Cc1nc(N)nc(-c2ccc(F)cc2)c1C(=O)NN. The van der Waals surface area contributed by atoms with Gasteiger partial charge in [0, 0.05) is 5.56 Å². The fourth-order valence-electron chi connectivity index (χ4n) is 1.76. The zero-order valence-corrected chi connectivity index (χ0v) is 10.1. The Morgan fingerprint density at radius 2 is 1.89 bits per heavy atom. The number of carbonyl (C=O) groups is 1. The first-order valence-corrected chi connectivity index (χ1v) is 5.44. The Morgan fingerprint density at radius 1 is 1.26 bits per heavy atom. The van der Waals surface area contributed by atoms with Crippen LogP contribution in [-0.2, 0) is 0 Å². The van der Waals surface area contributed by atoms with Crippen LogP contribution in [0.5, 0.6) is 0 Å². The number of aromatic nitrogens is 2. The molecule has 1 amide bonds. The van der Waals surface area contributed by atoms with Crippen molar-refractivity contribution in [2.45, 2.75) is 6.92 Å². The first-order chi connectivity index (χ1) is 9.02. The number of benzene rings is 1. The van der Waals surface area contributed by atoms with Gasteiger partial charge in [-0.2, -0.15) is 0 Å². The van der Waals surface area contributed by atoms with Gasteiger partial charge >= 0.3 is 0 Å². The van der Waals surface area contributed by atoms with Crippen molar-refractivity contribution in [3.63, 3.8) is 0 Å². The molecule has 6 nitrogen and oxygen atoms in total. The van der Waals surface area contributed by atoms with Crippen LogP contribution in [0, 0.1) is 12.7 Å². The van der Waals surface area contributed by atoms with E-state index < -0.39 is 5.91 Å². The normalized spacial score (nSPS) is 10.3. The number of nitrogen functional groups attached to an aromatic ring is 2. The molecular formula is C12H12FN5O. The van der Waals surface area contributed by atoms with E-state index in [4.69, 9.17) is 11.6 Å². The molecule has 0 radical (unpaired) electrons. The standard InChI is InChI=1S/C12H12FN5O/c1-6-9(11(19)18-15)10(17-12(14)16-6)7-2-4-8(13)5-3-7/h2-5H,15H2,1H3,(H,18,19)(H2,14,16,17). The van der Waals surface area contributed by atoms with E-state index in [1.807, 2.05) is 5.43 Å². The lowest BCUT2D eigenvalue weighted by Gasteiger charge is -2.10. The molecule has 0 aliphatic rings. The van der Waals surface area contributed by atoms with E-state index in [0.29, 0.717) is 17.0 Å². The highest BCUT2D eigenvalue weighted by Crippen LogP contribution is 2.24. The number of hydrogen-bond acceptors (Lipinski definition) is 5. The van der Waals surface area contributed by atoms with Crippen LogP contribution in [0.15, 0.2) is 24.3 Å². The second-order valence-electron chi connectivity index (χ2n) is 3.87. The zero-order valence-electron chi connectivity index (χ0n) is 10.1. The minimum atomic E-state index is -0.531. The maximum atomic E-state index is 12.9. The maximum Gasteiger partial charge on any atom is 0.269 e. The molecule has 0 spiro atoms. The van der Waals surface area contributed by atoms with Gasteiger partial charge in [0.2, 0.25) is 5.95 Å². The molecule has 0 aliphatic carbocycles. The first kappa shape index (κ1) is 12.9. The third kappa shape index (κ3) is 2.50. The zero-order chi connectivity index (χ0) is 14.0. The Kier molecular flexibility index (Phi) is 3.39. The van der Waals surface area contributed by atoms with Crippen LogP contribution >= 0.6 is 0 Å². The number of nitrogens with one attached hydrogen (secondary N) is 1. The Labute approximate surface area is 108 Å². The lowest BCUT2D eigenvalue weighted by atomic mass is 10.0. The molecule has 1 aromatic heterocycles. The van der Waals surface area contributed by atoms with E-state index in [-0.39, 0.29) is 17.3 Å². The van der Waals surface area contributed by atoms with Crippen LogP contribution in [0.25, 0.3) is 11.3 Å². The number of hydrazine groups is 1. The molecular weight excluding hydrogens is 249 g/mol. The number of rotatable bonds is 2. The Hall–Kier alpha value is -2.54. The molecule has 1 heterocycles. The van der Waals surface area contributed by atoms with Crippen LogP contribution in [-0.4, -0.2) is 15.9 Å². The second kappa shape index (κ2) is 4.99. The number of nitrogens with zero attached hydrogens (tertiary/aromatic N) is 2. The second-order valence-corrected chi connectivity index (χ2v) is 3.87. The molecule has 0 saturated heterocycles. The van der Waals surface area contributed by atoms with E-state index in [9.17, 15) is 9.18 Å². The smallest absolute Gasteiger partial charge is 0.269 e. The van der Waals surface area contributed by atoms with Gasteiger partial charge in [0.15, 0.2) is 0 Å². The molecule has 19 heavy (non-hydrogen) atoms. The van der Waals surface area contributed by atoms with Crippen molar-refractivity contribution in [3.05, 3.63) is 41.3 Å². The molecule has 0 aliphatic heterocycles. The third-order valence-corrected chi connectivity index (χ3v) is 2.58. The predicted octanol–water partition coefficient (Wildman–Crippen LogP) is 0.777. The summed E-state index contributed by atoms with van der Waals surface area (Å²) < 4.78 is 12.9. The highest BCUT2D eigenvalue weighted by molar-refractivity contribution is 6.00. The summed E-state index contributed by atoms with van der Waals surface area (Å²) in [4.78, 5) is 19.7. The number of nitrogens with two attached hydrogens (primary N) is 2. The van der Waals surface area contributed by atoms with Gasteiger partial charge in [-0.05, 0) is 31.2 Å².